The fraction of sp³-hybridized carbons (Fsp3) is 0.690. The topological polar surface area (TPSA) is 80.7 Å². The first-order valence-corrected chi connectivity index (χ1v) is 13.5. The van der Waals surface area contributed by atoms with Gasteiger partial charge in [-0.2, -0.15) is 8.78 Å². The molecule has 1 aromatic rings. The predicted molar refractivity (Wildman–Crippen MR) is 135 cm³/mol. The molecule has 3 unspecified atom stereocenters. The van der Waals surface area contributed by atoms with E-state index in [0.717, 1.165) is 44.1 Å². The van der Waals surface area contributed by atoms with Crippen LogP contribution in [0.3, 0.4) is 0 Å². The zero-order valence-corrected chi connectivity index (χ0v) is 21.7. The number of aryl methyl sites for hydroxylation is 1. The van der Waals surface area contributed by atoms with Gasteiger partial charge >= 0.3 is 11.9 Å². The van der Waals surface area contributed by atoms with Crippen LogP contribution in [0.2, 0.25) is 0 Å². The second kappa shape index (κ2) is 15.2. The number of alkyl halides is 2. The van der Waals surface area contributed by atoms with Crippen molar-refractivity contribution in [1.29, 1.82) is 0 Å². The summed E-state index contributed by atoms with van der Waals surface area (Å²) in [6, 6.07) is 8.89. The summed E-state index contributed by atoms with van der Waals surface area (Å²) < 4.78 is 33.9. The van der Waals surface area contributed by atoms with Gasteiger partial charge in [0.15, 0.2) is 0 Å². The van der Waals surface area contributed by atoms with E-state index < -0.39 is 30.1 Å². The Hall–Kier alpha value is -2.15. The van der Waals surface area contributed by atoms with Gasteiger partial charge in [0.25, 0.3) is 0 Å². The van der Waals surface area contributed by atoms with Crippen molar-refractivity contribution < 1.29 is 33.0 Å². The zero-order valence-electron chi connectivity index (χ0n) is 21.7. The first-order chi connectivity index (χ1) is 17.1. The maximum Gasteiger partial charge on any atom is 0.306 e. The Kier molecular flexibility index (Phi) is 12.7. The largest absolute Gasteiger partial charge is 0.463 e. The Labute approximate surface area is 214 Å². The van der Waals surface area contributed by atoms with Gasteiger partial charge in [0.05, 0.1) is 12.2 Å². The molecule has 0 aromatic heterocycles. The molecule has 7 heteroatoms. The quantitative estimate of drug-likeness (QED) is 0.199. The van der Waals surface area contributed by atoms with E-state index in [4.69, 9.17) is 4.74 Å². The number of hydrogen-bond donors (Lipinski definition) is 1. The fourth-order valence-electron chi connectivity index (χ4n) is 5.01. The number of hydrogen-bond acceptors (Lipinski definition) is 5. The molecule has 0 saturated heterocycles. The van der Waals surface area contributed by atoms with E-state index in [1.54, 1.807) is 24.3 Å². The molecule has 1 aromatic carbocycles. The first-order valence-electron chi connectivity index (χ1n) is 13.5. The Bertz CT molecular complexity index is 824. The molecular weight excluding hydrogens is 466 g/mol. The second-order valence-electron chi connectivity index (χ2n) is 10.4. The van der Waals surface area contributed by atoms with E-state index >= 15 is 0 Å². The van der Waals surface area contributed by atoms with Gasteiger partial charge < -0.3 is 9.84 Å². The minimum absolute atomic E-state index is 0.0283. The number of rotatable bonds is 17. The van der Waals surface area contributed by atoms with Crippen molar-refractivity contribution in [3.8, 4) is 0 Å². The molecule has 1 fully saturated rings. The van der Waals surface area contributed by atoms with E-state index in [0.29, 0.717) is 12.8 Å². The third kappa shape index (κ3) is 10.5. The molecule has 1 aliphatic carbocycles. The SMILES string of the molecule is CC(C)OC(=O)CCCCCCCCC1C(=O)CC(O)C1CCC(=O)C(F)(F)CCc1ccccc1. The number of halogens is 2. The zero-order chi connectivity index (χ0) is 26.6. The van der Waals surface area contributed by atoms with Crippen LogP contribution in [0.15, 0.2) is 30.3 Å². The number of esters is 1. The van der Waals surface area contributed by atoms with Crippen molar-refractivity contribution in [2.75, 3.05) is 0 Å². The maximum absolute atomic E-state index is 14.4. The van der Waals surface area contributed by atoms with Crippen LogP contribution in [0, 0.1) is 11.8 Å². The van der Waals surface area contributed by atoms with Crippen molar-refractivity contribution in [3.63, 3.8) is 0 Å². The fourth-order valence-corrected chi connectivity index (χ4v) is 5.01. The number of ether oxygens (including phenoxy) is 1. The lowest BCUT2D eigenvalue weighted by Crippen LogP contribution is -2.31. The number of benzene rings is 1. The summed E-state index contributed by atoms with van der Waals surface area (Å²) in [5, 5.41) is 10.3. The Morgan fingerprint density at radius 2 is 1.64 bits per heavy atom. The normalized spacial score (nSPS) is 20.2. The van der Waals surface area contributed by atoms with Crippen molar-refractivity contribution >= 4 is 17.5 Å². The van der Waals surface area contributed by atoms with Crippen molar-refractivity contribution in [2.24, 2.45) is 11.8 Å². The van der Waals surface area contributed by atoms with Crippen molar-refractivity contribution in [1.82, 2.24) is 0 Å². The first kappa shape index (κ1) is 30.1. The Morgan fingerprint density at radius 3 is 2.31 bits per heavy atom. The summed E-state index contributed by atoms with van der Waals surface area (Å²) in [5.74, 6) is -5.51. The summed E-state index contributed by atoms with van der Waals surface area (Å²) in [6.45, 7) is 3.66. The average Bonchev–Trinajstić information content (AvgIpc) is 3.09. The maximum atomic E-state index is 14.4. The summed E-state index contributed by atoms with van der Waals surface area (Å²) in [4.78, 5) is 36.2. The molecule has 0 heterocycles. The molecule has 202 valence electrons. The van der Waals surface area contributed by atoms with Gasteiger partial charge in [0, 0.05) is 31.6 Å². The summed E-state index contributed by atoms with van der Waals surface area (Å²) in [6.07, 6.45) is 4.96. The number of carbonyl (C=O) groups is 3. The van der Waals surface area contributed by atoms with Crippen molar-refractivity contribution in [2.45, 2.75) is 115 Å². The summed E-state index contributed by atoms with van der Waals surface area (Å²) in [7, 11) is 0. The van der Waals surface area contributed by atoms with Crippen LogP contribution in [0.25, 0.3) is 0 Å². The molecule has 1 N–H and O–H groups in total. The molecule has 3 atom stereocenters. The van der Waals surface area contributed by atoms with E-state index in [1.165, 1.54) is 0 Å². The van der Waals surface area contributed by atoms with Crippen LogP contribution in [0.1, 0.15) is 96.5 Å². The standard InChI is InChI=1S/C29H42F2O5/c1-21(2)36-28(35)15-11-6-4-3-5-10-14-23-24(26(33)20-25(23)32)16-17-27(34)29(30,31)19-18-22-12-8-7-9-13-22/h7-9,12-13,21,23-24,26,33H,3-6,10-11,14-20H2,1-2H3. The molecular formula is C29H42F2O5. The van der Waals surface area contributed by atoms with Gasteiger partial charge in [-0.3, -0.25) is 14.4 Å². The predicted octanol–water partition coefficient (Wildman–Crippen LogP) is 6.24. The molecule has 1 saturated carbocycles. The van der Waals surface area contributed by atoms with Crippen molar-refractivity contribution in [3.05, 3.63) is 35.9 Å². The monoisotopic (exact) mass is 508 g/mol. The highest BCUT2D eigenvalue weighted by Crippen LogP contribution is 2.37. The highest BCUT2D eigenvalue weighted by Gasteiger charge is 2.43. The molecule has 2 rings (SSSR count). The van der Waals surface area contributed by atoms with E-state index in [9.17, 15) is 28.3 Å². The molecule has 0 aliphatic heterocycles. The van der Waals surface area contributed by atoms with Crippen LogP contribution < -0.4 is 0 Å². The minimum atomic E-state index is -3.41. The smallest absolute Gasteiger partial charge is 0.306 e. The number of aliphatic hydroxyl groups excluding tert-OH is 1. The molecule has 0 amide bonds. The minimum Gasteiger partial charge on any atom is -0.463 e. The van der Waals surface area contributed by atoms with Crippen LogP contribution in [0.4, 0.5) is 8.78 Å². The third-order valence-corrected chi connectivity index (χ3v) is 7.03. The number of ketones is 2. The van der Waals surface area contributed by atoms with Gasteiger partial charge in [-0.15, -0.1) is 0 Å². The number of aliphatic hydroxyl groups is 1. The lowest BCUT2D eigenvalue weighted by atomic mass is 9.84. The second-order valence-corrected chi connectivity index (χ2v) is 10.4. The lowest BCUT2D eigenvalue weighted by Gasteiger charge is -2.22. The Balaban J connectivity index is 1.68. The molecule has 0 bridgehead atoms. The Morgan fingerprint density at radius 1 is 1.00 bits per heavy atom. The van der Waals surface area contributed by atoms with Gasteiger partial charge in [0.2, 0.25) is 5.78 Å². The number of unbranched alkanes of at least 4 members (excludes halogenated alkanes) is 5. The number of carbonyl (C=O) groups excluding carboxylic acids is 3. The van der Waals surface area contributed by atoms with Crippen LogP contribution in [-0.4, -0.2) is 40.8 Å². The third-order valence-electron chi connectivity index (χ3n) is 7.03. The molecule has 0 spiro atoms. The van der Waals surface area contributed by atoms with Gasteiger partial charge in [0.1, 0.15) is 5.78 Å². The lowest BCUT2D eigenvalue weighted by molar-refractivity contribution is -0.147. The van der Waals surface area contributed by atoms with Gasteiger partial charge in [-0.1, -0.05) is 62.4 Å². The molecule has 5 nitrogen and oxygen atoms in total. The molecule has 36 heavy (non-hydrogen) atoms. The van der Waals surface area contributed by atoms with Gasteiger partial charge in [-0.25, -0.2) is 0 Å². The van der Waals surface area contributed by atoms with Crippen LogP contribution in [-0.2, 0) is 25.5 Å². The van der Waals surface area contributed by atoms with E-state index in [-0.39, 0.29) is 49.5 Å². The summed E-state index contributed by atoms with van der Waals surface area (Å²) >= 11 is 0. The van der Waals surface area contributed by atoms with Crippen LogP contribution in [0.5, 0.6) is 0 Å². The number of Topliss-reactive ketones (excluding diaryl/α,β-unsaturated/α-hetero) is 2. The van der Waals surface area contributed by atoms with Crippen LogP contribution >= 0.6 is 0 Å². The highest BCUT2D eigenvalue weighted by atomic mass is 19.3. The summed E-state index contributed by atoms with van der Waals surface area (Å²) in [5.41, 5.74) is 0.760. The highest BCUT2D eigenvalue weighted by molar-refractivity contribution is 5.86. The molecule has 0 radical (unpaired) electrons. The average molecular weight is 509 g/mol. The van der Waals surface area contributed by atoms with E-state index in [2.05, 4.69) is 0 Å². The van der Waals surface area contributed by atoms with E-state index in [1.807, 2.05) is 19.9 Å². The molecule has 1 aliphatic rings. The van der Waals surface area contributed by atoms with Gasteiger partial charge in [-0.05, 0) is 51.0 Å².